The highest BCUT2D eigenvalue weighted by atomic mass is 19.1. The van der Waals surface area contributed by atoms with E-state index in [1.807, 2.05) is 30.3 Å². The Hall–Kier alpha value is -3.22. The van der Waals surface area contributed by atoms with Gasteiger partial charge in [-0.25, -0.2) is 8.78 Å². The number of halogens is 2. The zero-order valence-corrected chi connectivity index (χ0v) is 14.7. The zero-order valence-electron chi connectivity index (χ0n) is 14.7. The van der Waals surface area contributed by atoms with E-state index >= 15 is 0 Å². The molecule has 3 rings (SSSR count). The average Bonchev–Trinajstić information content (AvgIpc) is 3.10. The molecule has 0 spiro atoms. The predicted octanol–water partition coefficient (Wildman–Crippen LogP) is 3.81. The number of carbonyl (C=O) groups is 1. The summed E-state index contributed by atoms with van der Waals surface area (Å²) in [6.45, 7) is 7.13. The number of para-hydroxylation sites is 1. The van der Waals surface area contributed by atoms with Crippen molar-refractivity contribution in [1.82, 2.24) is 14.7 Å². The molecule has 0 N–H and O–H groups in total. The Morgan fingerprint density at radius 1 is 1.26 bits per heavy atom. The minimum atomic E-state index is -0.920. The number of fused-ring (bicyclic) bond motifs is 1. The number of rotatable bonds is 7. The number of hydrogen-bond acceptors (Lipinski definition) is 3. The van der Waals surface area contributed by atoms with Gasteiger partial charge in [0.1, 0.15) is 35.4 Å². The van der Waals surface area contributed by atoms with Gasteiger partial charge in [-0.05, 0) is 24.3 Å². The maximum Gasteiger partial charge on any atom is 0.272 e. The molecule has 0 bridgehead atoms. The number of carbonyl (C=O) groups excluding carboxylic acids is 1. The number of allylic oxidation sites excluding steroid dienone is 2. The molecule has 1 aliphatic heterocycles. The van der Waals surface area contributed by atoms with Crippen molar-refractivity contribution >= 4 is 5.91 Å². The summed E-state index contributed by atoms with van der Waals surface area (Å²) in [5.41, 5.74) is 0.682. The lowest BCUT2D eigenvalue weighted by atomic mass is 10.1. The molecule has 1 amide bonds. The molecule has 2 aromatic rings. The van der Waals surface area contributed by atoms with Crippen molar-refractivity contribution in [2.75, 3.05) is 13.1 Å². The third-order valence-corrected chi connectivity index (χ3v) is 4.19. The van der Waals surface area contributed by atoms with Gasteiger partial charge in [-0.2, -0.15) is 5.10 Å². The Morgan fingerprint density at radius 2 is 2.00 bits per heavy atom. The Morgan fingerprint density at radius 3 is 2.67 bits per heavy atom. The number of aromatic nitrogens is 2. The number of ether oxygens (including phenoxy) is 1. The lowest BCUT2D eigenvalue weighted by molar-refractivity contribution is 0.0713. The Bertz CT molecular complexity index is 903. The third-order valence-electron chi connectivity index (χ3n) is 4.19. The summed E-state index contributed by atoms with van der Waals surface area (Å²) in [6, 6.07) is 10.9. The molecule has 0 radical (unpaired) electrons. The molecule has 140 valence electrons. The van der Waals surface area contributed by atoms with Crippen LogP contribution in [0.25, 0.3) is 0 Å². The van der Waals surface area contributed by atoms with E-state index in [0.717, 1.165) is 6.08 Å². The quantitative estimate of drug-likeness (QED) is 0.696. The molecular weight excluding hydrogens is 352 g/mol. The SMILES string of the molecule is C=C/C(F)=C(/CN1CCn2nc(COc3ccccc3)cc2C1=O)C(=C)F. The lowest BCUT2D eigenvalue weighted by Gasteiger charge is -2.28. The van der Waals surface area contributed by atoms with Gasteiger partial charge in [0.05, 0.1) is 13.1 Å². The number of benzene rings is 1. The molecule has 7 heteroatoms. The van der Waals surface area contributed by atoms with Crippen LogP contribution < -0.4 is 4.74 Å². The lowest BCUT2D eigenvalue weighted by Crippen LogP contribution is -2.41. The van der Waals surface area contributed by atoms with Gasteiger partial charge in [0.25, 0.3) is 5.91 Å². The highest BCUT2D eigenvalue weighted by Crippen LogP contribution is 2.22. The van der Waals surface area contributed by atoms with Crippen molar-refractivity contribution in [2.24, 2.45) is 0 Å². The fraction of sp³-hybridized carbons (Fsp3) is 0.200. The summed E-state index contributed by atoms with van der Waals surface area (Å²) in [4.78, 5) is 14.0. The Balaban J connectivity index is 1.73. The second kappa shape index (κ2) is 7.99. The summed E-state index contributed by atoms with van der Waals surface area (Å²) in [5, 5.41) is 4.37. The second-order valence-corrected chi connectivity index (χ2v) is 6.01. The fourth-order valence-electron chi connectivity index (χ4n) is 2.79. The van der Waals surface area contributed by atoms with Gasteiger partial charge in [-0.15, -0.1) is 0 Å². The summed E-state index contributed by atoms with van der Waals surface area (Å²) >= 11 is 0. The molecule has 0 fully saturated rings. The monoisotopic (exact) mass is 371 g/mol. The fourth-order valence-corrected chi connectivity index (χ4v) is 2.79. The van der Waals surface area contributed by atoms with Crippen LogP contribution in [-0.4, -0.2) is 33.7 Å². The van der Waals surface area contributed by atoms with Crippen molar-refractivity contribution in [2.45, 2.75) is 13.2 Å². The summed E-state index contributed by atoms with van der Waals surface area (Å²) < 4.78 is 34.5. The molecule has 1 aromatic carbocycles. The highest BCUT2D eigenvalue weighted by molar-refractivity contribution is 5.93. The summed E-state index contributed by atoms with van der Waals surface area (Å²) in [7, 11) is 0. The van der Waals surface area contributed by atoms with Crippen LogP contribution in [0.4, 0.5) is 8.78 Å². The van der Waals surface area contributed by atoms with Crippen molar-refractivity contribution in [1.29, 1.82) is 0 Å². The minimum Gasteiger partial charge on any atom is -0.487 e. The molecule has 0 saturated carbocycles. The van der Waals surface area contributed by atoms with E-state index in [-0.39, 0.29) is 31.2 Å². The standard InChI is InChI=1S/C20H19F2N3O2/c1-3-18(22)17(14(2)21)12-24-9-10-25-19(20(24)26)11-15(23-25)13-27-16-7-5-4-6-8-16/h3-8,11H,1-2,9-10,12-13H2/b18-17+. The normalized spacial score (nSPS) is 14.4. The molecule has 1 aromatic heterocycles. The van der Waals surface area contributed by atoms with Crippen molar-refractivity contribution in [3.05, 3.63) is 84.2 Å². The number of amides is 1. The van der Waals surface area contributed by atoms with E-state index < -0.39 is 11.7 Å². The van der Waals surface area contributed by atoms with Crippen LogP contribution in [0.2, 0.25) is 0 Å². The molecule has 0 atom stereocenters. The zero-order chi connectivity index (χ0) is 19.4. The van der Waals surface area contributed by atoms with Gasteiger partial charge in [-0.3, -0.25) is 9.48 Å². The van der Waals surface area contributed by atoms with E-state index in [1.54, 1.807) is 10.7 Å². The van der Waals surface area contributed by atoms with Crippen LogP contribution in [0.1, 0.15) is 16.2 Å². The van der Waals surface area contributed by atoms with Crippen molar-refractivity contribution < 1.29 is 18.3 Å². The van der Waals surface area contributed by atoms with Gasteiger partial charge >= 0.3 is 0 Å². The van der Waals surface area contributed by atoms with Crippen molar-refractivity contribution in [3.8, 4) is 5.75 Å². The Labute approximate surface area is 155 Å². The van der Waals surface area contributed by atoms with Gasteiger partial charge in [-0.1, -0.05) is 31.4 Å². The Kier molecular flexibility index (Phi) is 5.49. The molecule has 2 heterocycles. The van der Waals surface area contributed by atoms with Crippen LogP contribution in [0, 0.1) is 0 Å². The van der Waals surface area contributed by atoms with Crippen LogP contribution in [-0.2, 0) is 13.2 Å². The van der Waals surface area contributed by atoms with E-state index in [2.05, 4.69) is 18.3 Å². The smallest absolute Gasteiger partial charge is 0.272 e. The minimum absolute atomic E-state index is 0.215. The van der Waals surface area contributed by atoms with E-state index in [0.29, 0.717) is 23.7 Å². The molecule has 5 nitrogen and oxygen atoms in total. The van der Waals surface area contributed by atoms with E-state index in [4.69, 9.17) is 4.74 Å². The van der Waals surface area contributed by atoms with Crippen LogP contribution in [0.15, 0.2) is 72.9 Å². The topological polar surface area (TPSA) is 47.4 Å². The highest BCUT2D eigenvalue weighted by Gasteiger charge is 2.28. The maximum atomic E-state index is 13.8. The molecular formula is C20H19F2N3O2. The third kappa shape index (κ3) is 4.13. The molecule has 27 heavy (non-hydrogen) atoms. The molecule has 1 aliphatic rings. The van der Waals surface area contributed by atoms with Crippen LogP contribution >= 0.6 is 0 Å². The average molecular weight is 371 g/mol. The first-order valence-corrected chi connectivity index (χ1v) is 8.39. The van der Waals surface area contributed by atoms with Gasteiger partial charge in [0.15, 0.2) is 0 Å². The summed E-state index contributed by atoms with van der Waals surface area (Å²) in [6.07, 6.45) is 0.901. The second-order valence-electron chi connectivity index (χ2n) is 6.01. The summed E-state index contributed by atoms with van der Waals surface area (Å²) in [5.74, 6) is -1.40. The number of nitrogens with zero attached hydrogens (tertiary/aromatic N) is 3. The first-order valence-electron chi connectivity index (χ1n) is 8.39. The van der Waals surface area contributed by atoms with Crippen LogP contribution in [0.5, 0.6) is 5.75 Å². The van der Waals surface area contributed by atoms with Crippen LogP contribution in [0.3, 0.4) is 0 Å². The largest absolute Gasteiger partial charge is 0.487 e. The maximum absolute atomic E-state index is 13.8. The predicted molar refractivity (Wildman–Crippen MR) is 97.5 cm³/mol. The molecule has 0 saturated heterocycles. The first-order chi connectivity index (χ1) is 13.0. The molecule has 0 unspecified atom stereocenters. The van der Waals surface area contributed by atoms with E-state index in [1.165, 1.54) is 4.90 Å². The van der Waals surface area contributed by atoms with Gasteiger partial charge < -0.3 is 9.64 Å². The number of hydrogen-bond donors (Lipinski definition) is 0. The van der Waals surface area contributed by atoms with Gasteiger partial charge in [0.2, 0.25) is 0 Å². The van der Waals surface area contributed by atoms with Gasteiger partial charge in [0, 0.05) is 12.1 Å². The first kappa shape index (κ1) is 18.6. The van der Waals surface area contributed by atoms with Crippen molar-refractivity contribution in [3.63, 3.8) is 0 Å². The molecule has 0 aliphatic carbocycles. The van der Waals surface area contributed by atoms with E-state index in [9.17, 15) is 13.6 Å².